The monoisotopic (exact) mass is 415 g/mol. The van der Waals surface area contributed by atoms with E-state index in [2.05, 4.69) is 98.3 Å². The van der Waals surface area contributed by atoms with E-state index in [9.17, 15) is 0 Å². The highest BCUT2D eigenvalue weighted by Crippen LogP contribution is 2.38. The van der Waals surface area contributed by atoms with Crippen LogP contribution in [0.5, 0.6) is 0 Å². The maximum Gasteiger partial charge on any atom is 0.116 e. The Labute approximate surface area is 187 Å². The van der Waals surface area contributed by atoms with Crippen molar-refractivity contribution in [2.24, 2.45) is 13.0 Å². The Bertz CT molecular complexity index is 1640. The van der Waals surface area contributed by atoms with Gasteiger partial charge in [0.15, 0.2) is 0 Å². The molecule has 6 aromatic rings. The average molecular weight is 416 g/mol. The highest BCUT2D eigenvalue weighted by atomic mass is 15.0. The fraction of sp³-hybridized carbons (Fsp3) is 0.172. The van der Waals surface area contributed by atoms with Crippen molar-refractivity contribution in [3.05, 3.63) is 84.7 Å². The molecule has 0 saturated carbocycles. The topological polar surface area (TPSA) is 30.7 Å². The van der Waals surface area contributed by atoms with Crippen LogP contribution in [0.1, 0.15) is 19.4 Å². The molecule has 32 heavy (non-hydrogen) atoms. The second kappa shape index (κ2) is 7.16. The average Bonchev–Trinajstić information content (AvgIpc) is 3.11. The third kappa shape index (κ3) is 2.81. The number of benzene rings is 4. The van der Waals surface area contributed by atoms with Crippen molar-refractivity contribution >= 4 is 43.5 Å². The molecule has 0 atom stereocenters. The van der Waals surface area contributed by atoms with Crippen LogP contribution >= 0.6 is 0 Å². The summed E-state index contributed by atoms with van der Waals surface area (Å²) < 4.78 is 2.25. The fourth-order valence-corrected chi connectivity index (χ4v) is 5.13. The van der Waals surface area contributed by atoms with Gasteiger partial charge >= 0.3 is 0 Å². The van der Waals surface area contributed by atoms with E-state index >= 15 is 0 Å². The van der Waals surface area contributed by atoms with Gasteiger partial charge in [0.1, 0.15) is 11.8 Å². The zero-order valence-electron chi connectivity index (χ0n) is 18.6. The molecule has 3 nitrogen and oxygen atoms in total. The predicted octanol–water partition coefficient (Wildman–Crippen LogP) is 7.29. The van der Waals surface area contributed by atoms with Gasteiger partial charge in [-0.15, -0.1) is 0 Å². The molecule has 6 rings (SSSR count). The Morgan fingerprint density at radius 3 is 2.38 bits per heavy atom. The number of nitrogens with zero attached hydrogens (tertiary/aromatic N) is 3. The molecule has 0 radical (unpaired) electrons. The van der Waals surface area contributed by atoms with Gasteiger partial charge in [0, 0.05) is 18.0 Å². The predicted molar refractivity (Wildman–Crippen MR) is 135 cm³/mol. The normalized spacial score (nSPS) is 12.0. The second-order valence-corrected chi connectivity index (χ2v) is 9.11. The third-order valence-electron chi connectivity index (χ3n) is 6.51. The van der Waals surface area contributed by atoms with Gasteiger partial charge in [0.25, 0.3) is 0 Å². The zero-order valence-corrected chi connectivity index (χ0v) is 18.6. The molecule has 0 spiro atoms. The van der Waals surface area contributed by atoms with Crippen LogP contribution in [-0.2, 0) is 13.5 Å². The van der Waals surface area contributed by atoms with Crippen LogP contribution in [0, 0.1) is 5.92 Å². The van der Waals surface area contributed by atoms with Gasteiger partial charge in [-0.1, -0.05) is 68.4 Å². The molecule has 0 N–H and O–H groups in total. The van der Waals surface area contributed by atoms with Crippen molar-refractivity contribution in [1.29, 1.82) is 0 Å². The highest BCUT2D eigenvalue weighted by Gasteiger charge is 2.18. The lowest BCUT2D eigenvalue weighted by atomic mass is 9.93. The van der Waals surface area contributed by atoms with Crippen LogP contribution in [-0.4, -0.2) is 14.5 Å². The van der Waals surface area contributed by atoms with Crippen molar-refractivity contribution in [1.82, 2.24) is 14.5 Å². The van der Waals surface area contributed by atoms with Crippen LogP contribution < -0.4 is 0 Å². The van der Waals surface area contributed by atoms with Crippen molar-refractivity contribution in [3.63, 3.8) is 0 Å². The summed E-state index contributed by atoms with van der Waals surface area (Å²) >= 11 is 0. The molecule has 0 fully saturated rings. The van der Waals surface area contributed by atoms with Gasteiger partial charge in [0.05, 0.1) is 16.7 Å². The number of aromatic nitrogens is 3. The largest absolute Gasteiger partial charge is 0.340 e. The van der Waals surface area contributed by atoms with Gasteiger partial charge in [-0.3, -0.25) is 0 Å². The van der Waals surface area contributed by atoms with Crippen molar-refractivity contribution in [3.8, 4) is 11.3 Å². The van der Waals surface area contributed by atoms with Gasteiger partial charge in [-0.25, -0.2) is 9.97 Å². The molecule has 2 heterocycles. The Kier molecular flexibility index (Phi) is 4.25. The van der Waals surface area contributed by atoms with Gasteiger partial charge < -0.3 is 4.57 Å². The summed E-state index contributed by atoms with van der Waals surface area (Å²) in [7, 11) is 2.13. The van der Waals surface area contributed by atoms with Crippen molar-refractivity contribution < 1.29 is 0 Å². The number of rotatable bonds is 3. The van der Waals surface area contributed by atoms with Crippen molar-refractivity contribution in [2.45, 2.75) is 20.3 Å². The minimum Gasteiger partial charge on any atom is -0.340 e. The van der Waals surface area contributed by atoms with E-state index in [1.807, 2.05) is 0 Å². The summed E-state index contributed by atoms with van der Waals surface area (Å²) in [6.45, 7) is 4.55. The van der Waals surface area contributed by atoms with E-state index in [0.717, 1.165) is 28.7 Å². The second-order valence-electron chi connectivity index (χ2n) is 9.11. The van der Waals surface area contributed by atoms with Crippen molar-refractivity contribution in [2.75, 3.05) is 0 Å². The lowest BCUT2D eigenvalue weighted by Crippen LogP contribution is -1.98. The molecule has 0 aliphatic carbocycles. The molecule has 0 saturated heterocycles. The van der Waals surface area contributed by atoms with Crippen LogP contribution in [0.4, 0.5) is 0 Å². The number of hydrogen-bond acceptors (Lipinski definition) is 2. The number of fused-ring (bicyclic) bond motifs is 6. The standard InChI is InChI=1S/C29H25N3/c1-18(2)14-21-16-22(15-20-9-5-6-10-23(20)21)27-29-28(31-17-30-27)26-24-11-7-4-8-19(24)12-13-25(26)32(29)3/h4-13,15-18H,14H2,1-3H3. The Hall–Kier alpha value is -3.72. The first kappa shape index (κ1) is 19.0. The van der Waals surface area contributed by atoms with Gasteiger partial charge in [0.2, 0.25) is 0 Å². The molecule has 2 aromatic heterocycles. The molecular formula is C29H25N3. The Morgan fingerprint density at radius 1 is 0.812 bits per heavy atom. The lowest BCUT2D eigenvalue weighted by Gasteiger charge is -2.13. The van der Waals surface area contributed by atoms with Crippen LogP contribution in [0.2, 0.25) is 0 Å². The molecule has 0 unspecified atom stereocenters. The van der Waals surface area contributed by atoms with E-state index in [-0.39, 0.29) is 0 Å². The summed E-state index contributed by atoms with van der Waals surface area (Å²) in [6, 6.07) is 26.2. The number of aryl methyl sites for hydroxylation is 1. The Morgan fingerprint density at radius 2 is 1.56 bits per heavy atom. The van der Waals surface area contributed by atoms with E-state index in [0.29, 0.717) is 5.92 Å². The summed E-state index contributed by atoms with van der Waals surface area (Å²) in [5.74, 6) is 0.586. The summed E-state index contributed by atoms with van der Waals surface area (Å²) in [6.07, 6.45) is 2.76. The molecule has 0 aliphatic heterocycles. The van der Waals surface area contributed by atoms with E-state index in [1.165, 1.54) is 38.0 Å². The first-order valence-corrected chi connectivity index (χ1v) is 11.2. The molecule has 0 aliphatic rings. The van der Waals surface area contributed by atoms with E-state index in [4.69, 9.17) is 9.97 Å². The van der Waals surface area contributed by atoms with Gasteiger partial charge in [-0.05, 0) is 57.6 Å². The van der Waals surface area contributed by atoms with Crippen LogP contribution in [0.3, 0.4) is 0 Å². The van der Waals surface area contributed by atoms with Crippen LogP contribution in [0.15, 0.2) is 79.1 Å². The van der Waals surface area contributed by atoms with E-state index < -0.39 is 0 Å². The minimum absolute atomic E-state index is 0.586. The third-order valence-corrected chi connectivity index (χ3v) is 6.51. The highest BCUT2D eigenvalue weighted by molar-refractivity contribution is 6.21. The van der Waals surface area contributed by atoms with E-state index in [1.54, 1.807) is 6.33 Å². The summed E-state index contributed by atoms with van der Waals surface area (Å²) in [5, 5.41) is 6.26. The molecular weight excluding hydrogens is 390 g/mol. The fourth-order valence-electron chi connectivity index (χ4n) is 5.13. The van der Waals surface area contributed by atoms with Crippen LogP contribution in [0.25, 0.3) is 54.7 Å². The zero-order chi connectivity index (χ0) is 21.8. The van der Waals surface area contributed by atoms with Gasteiger partial charge in [-0.2, -0.15) is 0 Å². The summed E-state index contributed by atoms with van der Waals surface area (Å²) in [4.78, 5) is 9.58. The molecule has 3 heteroatoms. The minimum atomic E-state index is 0.586. The lowest BCUT2D eigenvalue weighted by molar-refractivity contribution is 0.650. The number of hydrogen-bond donors (Lipinski definition) is 0. The maximum atomic E-state index is 4.81. The molecule has 0 amide bonds. The first-order chi connectivity index (χ1) is 15.6. The SMILES string of the molecule is CC(C)Cc1cc(-c2ncnc3c4c5ccccc5ccc4n(C)c23)cc2ccccc12. The first-order valence-electron chi connectivity index (χ1n) is 11.2. The molecule has 0 bridgehead atoms. The smallest absolute Gasteiger partial charge is 0.116 e. The molecule has 4 aromatic carbocycles. The summed E-state index contributed by atoms with van der Waals surface area (Å²) in [5.41, 5.74) is 6.82. The quantitative estimate of drug-likeness (QED) is 0.304. The molecule has 156 valence electrons. The maximum absolute atomic E-state index is 4.81. The Balaban J connectivity index is 1.71.